The van der Waals surface area contributed by atoms with Crippen LogP contribution in [-0.2, 0) is 13.0 Å². The second-order valence-electron chi connectivity index (χ2n) is 4.62. The molecule has 0 aromatic carbocycles. The van der Waals surface area contributed by atoms with E-state index in [4.69, 9.17) is 0 Å². The van der Waals surface area contributed by atoms with Crippen molar-refractivity contribution in [1.82, 2.24) is 5.32 Å². The summed E-state index contributed by atoms with van der Waals surface area (Å²) in [5.74, 6) is 0.871. The summed E-state index contributed by atoms with van der Waals surface area (Å²) in [6.07, 6.45) is 5.35. The summed E-state index contributed by atoms with van der Waals surface area (Å²) in [4.78, 5) is 3.00. The molecule has 1 saturated carbocycles. The van der Waals surface area contributed by atoms with Crippen molar-refractivity contribution in [2.75, 3.05) is 0 Å². The highest BCUT2D eigenvalue weighted by molar-refractivity contribution is 7.11. The second-order valence-corrected chi connectivity index (χ2v) is 5.87. The zero-order valence-corrected chi connectivity index (χ0v) is 10.6. The van der Waals surface area contributed by atoms with Crippen molar-refractivity contribution in [3.8, 4) is 0 Å². The van der Waals surface area contributed by atoms with Gasteiger partial charge >= 0.3 is 0 Å². The van der Waals surface area contributed by atoms with Gasteiger partial charge in [-0.3, -0.25) is 0 Å². The lowest BCUT2D eigenvalue weighted by Crippen LogP contribution is -2.30. The van der Waals surface area contributed by atoms with E-state index in [1.807, 2.05) is 11.3 Å². The first-order chi connectivity index (χ1) is 7.29. The lowest BCUT2D eigenvalue weighted by molar-refractivity contribution is 0.427. The van der Waals surface area contributed by atoms with E-state index in [9.17, 15) is 0 Å². The Morgan fingerprint density at radius 1 is 1.33 bits per heavy atom. The second kappa shape index (κ2) is 5.13. The van der Waals surface area contributed by atoms with Crippen molar-refractivity contribution in [2.24, 2.45) is 5.92 Å². The molecule has 0 amide bonds. The first-order valence-electron chi connectivity index (χ1n) is 6.10. The molecule has 1 heterocycles. The Labute approximate surface area is 96.9 Å². The fraction of sp³-hybridized carbons (Fsp3) is 0.692. The van der Waals surface area contributed by atoms with Crippen LogP contribution >= 0.6 is 11.3 Å². The third kappa shape index (κ3) is 2.82. The van der Waals surface area contributed by atoms with Gasteiger partial charge in [0, 0.05) is 22.3 Å². The predicted octanol–water partition coefficient (Wildman–Crippen LogP) is 3.59. The van der Waals surface area contributed by atoms with E-state index >= 15 is 0 Å². The van der Waals surface area contributed by atoms with Crippen molar-refractivity contribution < 1.29 is 0 Å². The number of hydrogen-bond acceptors (Lipinski definition) is 2. The maximum atomic E-state index is 3.70. The molecular formula is C13H21NS. The summed E-state index contributed by atoms with van der Waals surface area (Å²) in [6, 6.07) is 5.30. The van der Waals surface area contributed by atoms with Crippen LogP contribution in [0, 0.1) is 5.92 Å². The molecule has 1 aliphatic rings. The molecule has 2 rings (SSSR count). The summed E-state index contributed by atoms with van der Waals surface area (Å²) in [5, 5.41) is 3.70. The predicted molar refractivity (Wildman–Crippen MR) is 67.3 cm³/mol. The van der Waals surface area contributed by atoms with Crippen molar-refractivity contribution in [3.05, 3.63) is 21.9 Å². The molecule has 0 aliphatic heterocycles. The Morgan fingerprint density at radius 2 is 2.13 bits per heavy atom. The van der Waals surface area contributed by atoms with Crippen LogP contribution in [0.3, 0.4) is 0 Å². The molecule has 2 heteroatoms. The average Bonchev–Trinajstić information content (AvgIpc) is 2.84. The minimum absolute atomic E-state index is 0.761. The van der Waals surface area contributed by atoms with E-state index in [0.717, 1.165) is 18.5 Å². The highest BCUT2D eigenvalue weighted by atomic mass is 32.1. The smallest absolute Gasteiger partial charge is 0.0302 e. The van der Waals surface area contributed by atoms with Gasteiger partial charge in [0.15, 0.2) is 0 Å². The van der Waals surface area contributed by atoms with Gasteiger partial charge in [0.1, 0.15) is 0 Å². The van der Waals surface area contributed by atoms with Gasteiger partial charge in [-0.15, -0.1) is 11.3 Å². The molecule has 1 fully saturated rings. The first-order valence-corrected chi connectivity index (χ1v) is 6.92. The Morgan fingerprint density at radius 3 is 2.73 bits per heavy atom. The van der Waals surface area contributed by atoms with E-state index in [0.29, 0.717) is 0 Å². The van der Waals surface area contributed by atoms with Gasteiger partial charge in [0.05, 0.1) is 0 Å². The first kappa shape index (κ1) is 11.2. The van der Waals surface area contributed by atoms with Crippen molar-refractivity contribution in [3.63, 3.8) is 0 Å². The Kier molecular flexibility index (Phi) is 3.81. The van der Waals surface area contributed by atoms with E-state index in [1.54, 1.807) is 0 Å². The molecule has 0 spiro atoms. The molecule has 1 aromatic rings. The minimum Gasteiger partial charge on any atom is -0.309 e. The average molecular weight is 223 g/mol. The number of nitrogens with one attached hydrogen (secondary N) is 1. The molecule has 2 unspecified atom stereocenters. The molecular weight excluding hydrogens is 202 g/mol. The van der Waals surface area contributed by atoms with Crippen LogP contribution in [0.15, 0.2) is 12.1 Å². The molecule has 0 radical (unpaired) electrons. The number of aryl methyl sites for hydroxylation is 1. The van der Waals surface area contributed by atoms with Crippen LogP contribution in [0.25, 0.3) is 0 Å². The van der Waals surface area contributed by atoms with Crippen LogP contribution in [0.4, 0.5) is 0 Å². The third-order valence-electron chi connectivity index (χ3n) is 3.47. The Hall–Kier alpha value is -0.340. The van der Waals surface area contributed by atoms with Crippen LogP contribution in [0.5, 0.6) is 0 Å². The van der Waals surface area contributed by atoms with Crippen molar-refractivity contribution in [2.45, 2.75) is 52.1 Å². The van der Waals surface area contributed by atoms with Gasteiger partial charge in [0.25, 0.3) is 0 Å². The largest absolute Gasteiger partial charge is 0.309 e. The molecule has 2 atom stereocenters. The minimum atomic E-state index is 0.761. The standard InChI is InChI=1S/C13H21NS/c1-3-11-7-8-12(15-11)9-14-13-6-4-5-10(13)2/h7-8,10,13-14H,3-6,9H2,1-2H3. The van der Waals surface area contributed by atoms with Gasteiger partial charge in [-0.05, 0) is 37.3 Å². The van der Waals surface area contributed by atoms with Gasteiger partial charge in [0.2, 0.25) is 0 Å². The molecule has 15 heavy (non-hydrogen) atoms. The summed E-state index contributed by atoms with van der Waals surface area (Å²) < 4.78 is 0. The third-order valence-corrected chi connectivity index (χ3v) is 4.70. The van der Waals surface area contributed by atoms with E-state index < -0.39 is 0 Å². The lowest BCUT2D eigenvalue weighted by Gasteiger charge is -2.16. The highest BCUT2D eigenvalue weighted by Crippen LogP contribution is 2.25. The monoisotopic (exact) mass is 223 g/mol. The van der Waals surface area contributed by atoms with Gasteiger partial charge in [-0.25, -0.2) is 0 Å². The van der Waals surface area contributed by atoms with Crippen LogP contribution in [-0.4, -0.2) is 6.04 Å². The maximum Gasteiger partial charge on any atom is 0.0302 e. The van der Waals surface area contributed by atoms with Gasteiger partial charge < -0.3 is 5.32 Å². The summed E-state index contributed by atoms with van der Waals surface area (Å²) >= 11 is 1.95. The van der Waals surface area contributed by atoms with Crippen molar-refractivity contribution >= 4 is 11.3 Å². The quantitative estimate of drug-likeness (QED) is 0.822. The van der Waals surface area contributed by atoms with Crippen LogP contribution in [0.2, 0.25) is 0 Å². The zero-order valence-electron chi connectivity index (χ0n) is 9.75. The van der Waals surface area contributed by atoms with E-state index in [-0.39, 0.29) is 0 Å². The number of hydrogen-bond donors (Lipinski definition) is 1. The fourth-order valence-electron chi connectivity index (χ4n) is 2.39. The van der Waals surface area contributed by atoms with Crippen molar-refractivity contribution in [1.29, 1.82) is 0 Å². The lowest BCUT2D eigenvalue weighted by atomic mass is 10.1. The molecule has 1 N–H and O–H groups in total. The van der Waals surface area contributed by atoms with Gasteiger partial charge in [-0.2, -0.15) is 0 Å². The Bertz CT molecular complexity index is 305. The van der Waals surface area contributed by atoms with E-state index in [2.05, 4.69) is 31.3 Å². The molecule has 1 nitrogen and oxygen atoms in total. The molecule has 84 valence electrons. The molecule has 1 aromatic heterocycles. The summed E-state index contributed by atoms with van der Waals surface area (Å²) in [7, 11) is 0. The summed E-state index contributed by atoms with van der Waals surface area (Å²) in [6.45, 7) is 5.67. The summed E-state index contributed by atoms with van der Waals surface area (Å²) in [5.41, 5.74) is 0. The molecule has 0 bridgehead atoms. The topological polar surface area (TPSA) is 12.0 Å². The zero-order chi connectivity index (χ0) is 10.7. The number of rotatable bonds is 4. The SMILES string of the molecule is CCc1ccc(CNC2CCCC2C)s1. The van der Waals surface area contributed by atoms with Crippen LogP contribution in [0.1, 0.15) is 42.9 Å². The van der Waals surface area contributed by atoms with Crippen LogP contribution < -0.4 is 5.32 Å². The molecule has 1 aliphatic carbocycles. The van der Waals surface area contributed by atoms with Gasteiger partial charge in [-0.1, -0.05) is 20.3 Å². The number of thiophene rings is 1. The fourth-order valence-corrected chi connectivity index (χ4v) is 3.30. The van der Waals surface area contributed by atoms with E-state index in [1.165, 1.54) is 35.4 Å². The Balaban J connectivity index is 1.82. The normalized spacial score (nSPS) is 26.0. The highest BCUT2D eigenvalue weighted by Gasteiger charge is 2.22. The maximum absolute atomic E-state index is 3.70. The molecule has 0 saturated heterocycles.